The van der Waals surface area contributed by atoms with Gasteiger partial charge in [-0.15, -0.1) is 0 Å². The van der Waals surface area contributed by atoms with E-state index in [1.165, 1.54) is 0 Å². The van der Waals surface area contributed by atoms with Crippen molar-refractivity contribution in [2.45, 2.75) is 13.5 Å². The van der Waals surface area contributed by atoms with Crippen LogP contribution in [0.5, 0.6) is 0 Å². The predicted molar refractivity (Wildman–Crippen MR) is 97.1 cm³/mol. The Morgan fingerprint density at radius 1 is 1.16 bits per heavy atom. The number of aromatic nitrogens is 6. The quantitative estimate of drug-likeness (QED) is 0.437. The minimum absolute atomic E-state index is 0.478. The molecule has 0 aliphatic heterocycles. The summed E-state index contributed by atoms with van der Waals surface area (Å²) in [7, 11) is 0. The molecule has 0 atom stereocenters. The highest BCUT2D eigenvalue weighted by molar-refractivity contribution is 6.30. The van der Waals surface area contributed by atoms with Gasteiger partial charge in [0.2, 0.25) is 5.95 Å². The summed E-state index contributed by atoms with van der Waals surface area (Å²) >= 11 is 6.02. The van der Waals surface area contributed by atoms with Crippen LogP contribution >= 0.6 is 11.6 Å². The molecule has 9 heteroatoms. The molecular formula is C16H15ClN8. The second kappa shape index (κ2) is 6.40. The van der Waals surface area contributed by atoms with Gasteiger partial charge < -0.3 is 10.6 Å². The summed E-state index contributed by atoms with van der Waals surface area (Å²) in [6.07, 6.45) is 1.68. The Morgan fingerprint density at radius 3 is 2.88 bits per heavy atom. The summed E-state index contributed by atoms with van der Waals surface area (Å²) in [5.41, 5.74) is 2.64. The van der Waals surface area contributed by atoms with E-state index in [2.05, 4.69) is 41.0 Å². The third-order valence-corrected chi connectivity index (χ3v) is 3.84. The van der Waals surface area contributed by atoms with E-state index in [1.807, 2.05) is 37.3 Å². The largest absolute Gasteiger partial charge is 0.350 e. The number of aromatic amines is 2. The van der Waals surface area contributed by atoms with Gasteiger partial charge in [-0.2, -0.15) is 20.2 Å². The molecule has 4 rings (SSSR count). The van der Waals surface area contributed by atoms with Crippen molar-refractivity contribution in [3.05, 3.63) is 52.8 Å². The fourth-order valence-corrected chi connectivity index (χ4v) is 2.65. The normalized spacial score (nSPS) is 11.0. The van der Waals surface area contributed by atoms with Crippen LogP contribution in [0.25, 0.3) is 11.0 Å². The van der Waals surface area contributed by atoms with Gasteiger partial charge in [-0.1, -0.05) is 23.7 Å². The second-order valence-corrected chi connectivity index (χ2v) is 6.01. The van der Waals surface area contributed by atoms with E-state index in [0.717, 1.165) is 16.6 Å². The molecule has 0 bridgehead atoms. The van der Waals surface area contributed by atoms with E-state index >= 15 is 0 Å². The predicted octanol–water partition coefficient (Wildman–Crippen LogP) is 3.39. The van der Waals surface area contributed by atoms with Gasteiger partial charge in [0.25, 0.3) is 0 Å². The Morgan fingerprint density at radius 2 is 2.08 bits per heavy atom. The fourth-order valence-electron chi connectivity index (χ4n) is 2.44. The van der Waals surface area contributed by atoms with Crippen LogP contribution in [-0.4, -0.2) is 30.4 Å². The lowest BCUT2D eigenvalue weighted by atomic mass is 10.2. The molecule has 0 radical (unpaired) electrons. The second-order valence-electron chi connectivity index (χ2n) is 5.57. The maximum Gasteiger partial charge on any atom is 0.226 e. The van der Waals surface area contributed by atoms with E-state index in [4.69, 9.17) is 11.6 Å². The summed E-state index contributed by atoms with van der Waals surface area (Å²) in [5.74, 6) is 1.78. The van der Waals surface area contributed by atoms with Gasteiger partial charge in [0.15, 0.2) is 11.5 Å². The van der Waals surface area contributed by atoms with Gasteiger partial charge in [-0.25, -0.2) is 0 Å². The van der Waals surface area contributed by atoms with Crippen LogP contribution in [-0.2, 0) is 6.54 Å². The van der Waals surface area contributed by atoms with Gasteiger partial charge in [0.05, 0.1) is 11.6 Å². The molecule has 0 saturated carbocycles. The van der Waals surface area contributed by atoms with Crippen molar-refractivity contribution < 1.29 is 0 Å². The molecule has 0 aliphatic rings. The number of aryl methyl sites for hydroxylation is 1. The minimum Gasteiger partial charge on any atom is -0.350 e. The van der Waals surface area contributed by atoms with Crippen molar-refractivity contribution in [3.63, 3.8) is 0 Å². The SMILES string of the molecule is Cc1cc(Nc2nc(NCc3cccc(Cl)c3)nc3[nH]ncc23)n[nH]1. The molecule has 3 heterocycles. The zero-order valence-corrected chi connectivity index (χ0v) is 14.1. The number of fused-ring (bicyclic) bond motifs is 1. The van der Waals surface area contributed by atoms with Gasteiger partial charge in [-0.05, 0) is 24.6 Å². The molecule has 4 aromatic rings. The molecule has 0 amide bonds. The average molecular weight is 355 g/mol. The van der Waals surface area contributed by atoms with Crippen molar-refractivity contribution in [3.8, 4) is 0 Å². The maximum atomic E-state index is 6.02. The summed E-state index contributed by atoms with van der Waals surface area (Å²) < 4.78 is 0. The molecule has 25 heavy (non-hydrogen) atoms. The first-order chi connectivity index (χ1) is 12.2. The van der Waals surface area contributed by atoms with Crippen LogP contribution in [0.4, 0.5) is 17.6 Å². The highest BCUT2D eigenvalue weighted by Crippen LogP contribution is 2.23. The van der Waals surface area contributed by atoms with Gasteiger partial charge in [-0.3, -0.25) is 10.2 Å². The molecule has 4 N–H and O–H groups in total. The van der Waals surface area contributed by atoms with E-state index in [1.54, 1.807) is 6.20 Å². The van der Waals surface area contributed by atoms with Crippen LogP contribution in [0.15, 0.2) is 36.5 Å². The number of rotatable bonds is 5. The molecule has 0 fully saturated rings. The topological polar surface area (TPSA) is 107 Å². The van der Waals surface area contributed by atoms with E-state index < -0.39 is 0 Å². The molecule has 1 aromatic carbocycles. The number of hydrogen-bond acceptors (Lipinski definition) is 6. The van der Waals surface area contributed by atoms with Crippen molar-refractivity contribution in [1.82, 2.24) is 30.4 Å². The number of benzene rings is 1. The Bertz CT molecular complexity index is 1020. The smallest absolute Gasteiger partial charge is 0.226 e. The summed E-state index contributed by atoms with van der Waals surface area (Å²) in [6.45, 7) is 2.49. The molecule has 0 unspecified atom stereocenters. The van der Waals surface area contributed by atoms with Gasteiger partial charge >= 0.3 is 0 Å². The summed E-state index contributed by atoms with van der Waals surface area (Å²) in [5, 5.41) is 21.8. The Hall–Kier alpha value is -3.13. The number of anilines is 3. The molecule has 8 nitrogen and oxygen atoms in total. The minimum atomic E-state index is 0.478. The van der Waals surface area contributed by atoms with Crippen LogP contribution in [0.2, 0.25) is 5.02 Å². The Kier molecular flexibility index (Phi) is 3.95. The van der Waals surface area contributed by atoms with Gasteiger partial charge in [0.1, 0.15) is 5.82 Å². The molecule has 0 aliphatic carbocycles. The third-order valence-electron chi connectivity index (χ3n) is 3.60. The lowest BCUT2D eigenvalue weighted by molar-refractivity contribution is 1.04. The van der Waals surface area contributed by atoms with Crippen LogP contribution < -0.4 is 10.6 Å². The van der Waals surface area contributed by atoms with Crippen molar-refractivity contribution in [2.24, 2.45) is 0 Å². The van der Waals surface area contributed by atoms with E-state index in [-0.39, 0.29) is 0 Å². The number of H-pyrrole nitrogens is 2. The zero-order chi connectivity index (χ0) is 17.2. The number of hydrogen-bond donors (Lipinski definition) is 4. The Labute approximate surface area is 148 Å². The standard InChI is InChI=1S/C16H15ClN8/c1-9-5-13(24-23-9)20-14-12-8-19-25-15(12)22-16(21-14)18-7-10-3-2-4-11(17)6-10/h2-6,8H,7H2,1H3,(H4,18,19,20,21,22,23,24,25). The van der Waals surface area contributed by atoms with Crippen molar-refractivity contribution >= 4 is 40.2 Å². The fraction of sp³-hybridized carbons (Fsp3) is 0.125. The zero-order valence-electron chi connectivity index (χ0n) is 13.3. The van der Waals surface area contributed by atoms with E-state index in [9.17, 15) is 0 Å². The lowest BCUT2D eigenvalue weighted by Gasteiger charge is -2.08. The Balaban J connectivity index is 1.61. The van der Waals surface area contributed by atoms with Crippen molar-refractivity contribution in [2.75, 3.05) is 10.6 Å². The van der Waals surface area contributed by atoms with Crippen LogP contribution in [0.3, 0.4) is 0 Å². The van der Waals surface area contributed by atoms with Gasteiger partial charge in [0, 0.05) is 23.3 Å². The number of nitrogens with one attached hydrogen (secondary N) is 4. The average Bonchev–Trinajstić information content (AvgIpc) is 3.22. The number of halogens is 1. The molecular weight excluding hydrogens is 340 g/mol. The van der Waals surface area contributed by atoms with E-state index in [0.29, 0.717) is 34.8 Å². The molecule has 3 aromatic heterocycles. The first kappa shape index (κ1) is 15.4. The summed E-state index contributed by atoms with van der Waals surface area (Å²) in [6, 6.07) is 9.53. The number of nitrogens with zero attached hydrogens (tertiary/aromatic N) is 4. The summed E-state index contributed by atoms with van der Waals surface area (Å²) in [4.78, 5) is 8.97. The van der Waals surface area contributed by atoms with Crippen molar-refractivity contribution in [1.29, 1.82) is 0 Å². The third kappa shape index (κ3) is 3.38. The van der Waals surface area contributed by atoms with Crippen LogP contribution in [0.1, 0.15) is 11.3 Å². The first-order valence-corrected chi connectivity index (χ1v) is 8.03. The highest BCUT2D eigenvalue weighted by Gasteiger charge is 2.11. The first-order valence-electron chi connectivity index (χ1n) is 7.66. The maximum absolute atomic E-state index is 6.02. The molecule has 126 valence electrons. The highest BCUT2D eigenvalue weighted by atomic mass is 35.5. The molecule has 0 spiro atoms. The lowest BCUT2D eigenvalue weighted by Crippen LogP contribution is -2.06. The van der Waals surface area contributed by atoms with Crippen LogP contribution in [0, 0.1) is 6.92 Å². The monoisotopic (exact) mass is 354 g/mol. The molecule has 0 saturated heterocycles.